The van der Waals surface area contributed by atoms with Crippen LogP contribution in [0.5, 0.6) is 0 Å². The number of piperidine rings is 1. The van der Waals surface area contributed by atoms with Crippen LogP contribution in [-0.4, -0.2) is 19.6 Å². The molecule has 1 heterocycles. The first kappa shape index (κ1) is 13.0. The number of anilines is 2. The van der Waals surface area contributed by atoms with E-state index in [0.29, 0.717) is 0 Å². The lowest BCUT2D eigenvalue weighted by Gasteiger charge is -2.28. The highest BCUT2D eigenvalue weighted by Gasteiger charge is 2.10. The molecule has 0 atom stereocenters. The Morgan fingerprint density at radius 3 is 2.39 bits per heavy atom. The molecule has 2 nitrogen and oxygen atoms in total. The van der Waals surface area contributed by atoms with Crippen LogP contribution >= 0.6 is 0 Å². The molecule has 98 valence electrons. The molecular formula is C16H24N2. The van der Waals surface area contributed by atoms with Crippen LogP contribution in [0.15, 0.2) is 35.9 Å². The van der Waals surface area contributed by atoms with Crippen molar-refractivity contribution in [2.24, 2.45) is 0 Å². The monoisotopic (exact) mass is 244 g/mol. The molecule has 1 aliphatic rings. The molecule has 0 saturated carbocycles. The van der Waals surface area contributed by atoms with Crippen molar-refractivity contribution in [1.29, 1.82) is 0 Å². The van der Waals surface area contributed by atoms with Gasteiger partial charge in [-0.1, -0.05) is 11.6 Å². The van der Waals surface area contributed by atoms with Crippen LogP contribution in [0.3, 0.4) is 0 Å². The summed E-state index contributed by atoms with van der Waals surface area (Å²) in [5.41, 5.74) is 3.92. The van der Waals surface area contributed by atoms with E-state index in [1.54, 1.807) is 0 Å². The predicted molar refractivity (Wildman–Crippen MR) is 80.4 cm³/mol. The third kappa shape index (κ3) is 3.80. The number of allylic oxidation sites excluding steroid dienone is 1. The Morgan fingerprint density at radius 2 is 1.78 bits per heavy atom. The van der Waals surface area contributed by atoms with Gasteiger partial charge in [0.2, 0.25) is 0 Å². The number of nitrogens with one attached hydrogen (secondary N) is 1. The second-order valence-corrected chi connectivity index (χ2v) is 5.26. The largest absolute Gasteiger partial charge is 0.382 e. The van der Waals surface area contributed by atoms with E-state index in [-0.39, 0.29) is 0 Å². The maximum absolute atomic E-state index is 3.41. The van der Waals surface area contributed by atoms with E-state index < -0.39 is 0 Å². The van der Waals surface area contributed by atoms with Crippen molar-refractivity contribution in [3.05, 3.63) is 35.9 Å². The summed E-state index contributed by atoms with van der Waals surface area (Å²) >= 11 is 0. The summed E-state index contributed by atoms with van der Waals surface area (Å²) in [5.74, 6) is 0. The van der Waals surface area contributed by atoms with Gasteiger partial charge in [0.1, 0.15) is 0 Å². The van der Waals surface area contributed by atoms with Crippen molar-refractivity contribution < 1.29 is 0 Å². The zero-order valence-electron chi connectivity index (χ0n) is 11.6. The molecule has 1 fully saturated rings. The molecule has 1 N–H and O–H groups in total. The van der Waals surface area contributed by atoms with Crippen LogP contribution in [0, 0.1) is 0 Å². The average molecular weight is 244 g/mol. The van der Waals surface area contributed by atoms with E-state index in [9.17, 15) is 0 Å². The van der Waals surface area contributed by atoms with Crippen molar-refractivity contribution in [2.75, 3.05) is 29.9 Å². The molecule has 1 aromatic carbocycles. The Hall–Kier alpha value is -1.44. The van der Waals surface area contributed by atoms with E-state index in [4.69, 9.17) is 0 Å². The Kier molecular flexibility index (Phi) is 4.68. The van der Waals surface area contributed by atoms with Crippen LogP contribution in [0.1, 0.15) is 33.1 Å². The second kappa shape index (κ2) is 6.48. The minimum absolute atomic E-state index is 0.908. The molecule has 0 aliphatic carbocycles. The molecule has 0 unspecified atom stereocenters. The summed E-state index contributed by atoms with van der Waals surface area (Å²) in [4.78, 5) is 2.49. The van der Waals surface area contributed by atoms with E-state index in [1.165, 1.54) is 49.3 Å². The van der Waals surface area contributed by atoms with Gasteiger partial charge in [-0.15, -0.1) is 0 Å². The van der Waals surface area contributed by atoms with Gasteiger partial charge in [0.15, 0.2) is 0 Å². The normalized spacial score (nSPS) is 15.3. The Bertz CT molecular complexity index is 382. The summed E-state index contributed by atoms with van der Waals surface area (Å²) < 4.78 is 0. The Labute approximate surface area is 111 Å². The molecule has 0 amide bonds. The Balaban J connectivity index is 1.90. The summed E-state index contributed by atoms with van der Waals surface area (Å²) in [6.45, 7) is 7.59. The number of rotatable bonds is 4. The minimum atomic E-state index is 0.908. The molecule has 0 spiro atoms. The second-order valence-electron chi connectivity index (χ2n) is 5.26. The van der Waals surface area contributed by atoms with Gasteiger partial charge in [0, 0.05) is 31.0 Å². The molecule has 0 bridgehead atoms. The van der Waals surface area contributed by atoms with Crippen molar-refractivity contribution in [2.45, 2.75) is 33.1 Å². The fourth-order valence-electron chi connectivity index (χ4n) is 2.32. The zero-order valence-corrected chi connectivity index (χ0v) is 11.6. The van der Waals surface area contributed by atoms with Crippen LogP contribution in [0.4, 0.5) is 11.4 Å². The molecule has 0 radical (unpaired) electrons. The topological polar surface area (TPSA) is 15.3 Å². The van der Waals surface area contributed by atoms with Gasteiger partial charge in [-0.2, -0.15) is 0 Å². The van der Waals surface area contributed by atoms with Crippen molar-refractivity contribution in [1.82, 2.24) is 0 Å². The van der Waals surface area contributed by atoms with Crippen LogP contribution < -0.4 is 10.2 Å². The summed E-state index contributed by atoms with van der Waals surface area (Å²) in [5, 5.41) is 3.41. The van der Waals surface area contributed by atoms with E-state index in [1.807, 2.05) is 0 Å². The number of hydrogen-bond acceptors (Lipinski definition) is 2. The fourth-order valence-corrected chi connectivity index (χ4v) is 2.32. The molecule has 2 heteroatoms. The van der Waals surface area contributed by atoms with Crippen LogP contribution in [0.25, 0.3) is 0 Å². The summed E-state index contributed by atoms with van der Waals surface area (Å²) in [6, 6.07) is 8.83. The quantitative estimate of drug-likeness (QED) is 0.804. The van der Waals surface area contributed by atoms with Gasteiger partial charge >= 0.3 is 0 Å². The smallest absolute Gasteiger partial charge is 0.0367 e. The molecule has 1 aliphatic heterocycles. The first-order chi connectivity index (χ1) is 8.75. The van der Waals surface area contributed by atoms with Gasteiger partial charge in [0.05, 0.1) is 0 Å². The van der Waals surface area contributed by atoms with Gasteiger partial charge in [-0.3, -0.25) is 0 Å². The molecule has 1 aromatic rings. The molecular weight excluding hydrogens is 220 g/mol. The van der Waals surface area contributed by atoms with E-state index >= 15 is 0 Å². The van der Waals surface area contributed by atoms with Crippen molar-refractivity contribution >= 4 is 11.4 Å². The standard InChI is InChI=1S/C16H24N2/c1-14(2)10-11-17-15-6-8-16(9-7-15)18-12-4-3-5-13-18/h6-10,17H,3-5,11-13H2,1-2H3. The number of nitrogens with zero attached hydrogens (tertiary/aromatic N) is 1. The molecule has 0 aromatic heterocycles. The van der Waals surface area contributed by atoms with E-state index in [0.717, 1.165) is 6.54 Å². The first-order valence-electron chi connectivity index (χ1n) is 6.98. The highest BCUT2D eigenvalue weighted by atomic mass is 15.1. The minimum Gasteiger partial charge on any atom is -0.382 e. The predicted octanol–water partition coefficient (Wildman–Crippen LogP) is 4.06. The lowest BCUT2D eigenvalue weighted by Crippen LogP contribution is -2.29. The lowest BCUT2D eigenvalue weighted by atomic mass is 10.1. The summed E-state index contributed by atoms with van der Waals surface area (Å²) in [6.07, 6.45) is 6.26. The van der Waals surface area contributed by atoms with Crippen LogP contribution in [0.2, 0.25) is 0 Å². The van der Waals surface area contributed by atoms with Gasteiger partial charge in [0.25, 0.3) is 0 Å². The Morgan fingerprint density at radius 1 is 1.11 bits per heavy atom. The third-order valence-corrected chi connectivity index (χ3v) is 3.41. The van der Waals surface area contributed by atoms with E-state index in [2.05, 4.69) is 54.4 Å². The van der Waals surface area contributed by atoms with Crippen molar-refractivity contribution in [3.8, 4) is 0 Å². The molecule has 2 rings (SSSR count). The van der Waals surface area contributed by atoms with Gasteiger partial charge in [-0.05, 0) is 57.4 Å². The maximum atomic E-state index is 3.41. The van der Waals surface area contributed by atoms with Crippen molar-refractivity contribution in [3.63, 3.8) is 0 Å². The maximum Gasteiger partial charge on any atom is 0.0367 e. The van der Waals surface area contributed by atoms with Gasteiger partial charge in [-0.25, -0.2) is 0 Å². The molecule has 18 heavy (non-hydrogen) atoms. The summed E-state index contributed by atoms with van der Waals surface area (Å²) in [7, 11) is 0. The van der Waals surface area contributed by atoms with Gasteiger partial charge < -0.3 is 10.2 Å². The van der Waals surface area contributed by atoms with Crippen LogP contribution in [-0.2, 0) is 0 Å². The zero-order chi connectivity index (χ0) is 12.8. The highest BCUT2D eigenvalue weighted by molar-refractivity contribution is 5.55. The average Bonchev–Trinajstić information content (AvgIpc) is 2.40. The lowest BCUT2D eigenvalue weighted by molar-refractivity contribution is 0.578. The SMILES string of the molecule is CC(C)=CCNc1ccc(N2CCCCC2)cc1. The first-order valence-corrected chi connectivity index (χ1v) is 6.98. The number of benzene rings is 1. The fraction of sp³-hybridized carbons (Fsp3) is 0.500. The third-order valence-electron chi connectivity index (χ3n) is 3.41. The molecule has 1 saturated heterocycles. The highest BCUT2D eigenvalue weighted by Crippen LogP contribution is 2.21. The number of hydrogen-bond donors (Lipinski definition) is 1.